The van der Waals surface area contributed by atoms with Crippen LogP contribution < -0.4 is 5.32 Å². The van der Waals surface area contributed by atoms with Crippen molar-refractivity contribution in [3.8, 4) is 5.69 Å². The molecule has 0 unspecified atom stereocenters. The Labute approximate surface area is 165 Å². The summed E-state index contributed by atoms with van der Waals surface area (Å²) in [6.07, 6.45) is 6.99. The van der Waals surface area contributed by atoms with Gasteiger partial charge in [0.25, 0.3) is 5.91 Å². The number of nitrogens with one attached hydrogen (secondary N) is 1. The van der Waals surface area contributed by atoms with Crippen molar-refractivity contribution in [1.82, 2.24) is 14.5 Å². The lowest BCUT2D eigenvalue weighted by atomic mass is 10.1. The van der Waals surface area contributed by atoms with E-state index >= 15 is 0 Å². The highest BCUT2D eigenvalue weighted by Crippen LogP contribution is 2.30. The van der Waals surface area contributed by atoms with Crippen LogP contribution in [0.4, 0.5) is 5.69 Å². The molecule has 4 rings (SSSR count). The molecule has 0 fully saturated rings. The predicted octanol–water partition coefficient (Wildman–Crippen LogP) is 5.29. The average molecular weight is 397 g/mol. The first kappa shape index (κ1) is 17.5. The minimum atomic E-state index is -0.382. The van der Waals surface area contributed by atoms with E-state index in [2.05, 4.69) is 15.3 Å². The van der Waals surface area contributed by atoms with E-state index in [9.17, 15) is 4.79 Å². The molecule has 0 saturated carbocycles. The first-order valence-corrected chi connectivity index (χ1v) is 8.93. The molecule has 134 valence electrons. The van der Waals surface area contributed by atoms with Crippen LogP contribution in [0.5, 0.6) is 0 Å². The van der Waals surface area contributed by atoms with Crippen molar-refractivity contribution in [2.75, 3.05) is 5.32 Å². The number of pyridine rings is 1. The maximum Gasteiger partial charge on any atom is 0.258 e. The second-order valence-corrected chi connectivity index (χ2v) is 6.87. The first-order chi connectivity index (χ1) is 13.0. The Morgan fingerprint density at radius 3 is 2.59 bits per heavy atom. The lowest BCUT2D eigenvalue weighted by Gasteiger charge is -2.13. The number of rotatable bonds is 3. The van der Waals surface area contributed by atoms with Gasteiger partial charge < -0.3 is 9.88 Å². The molecule has 2 aromatic heterocycles. The van der Waals surface area contributed by atoms with Gasteiger partial charge >= 0.3 is 0 Å². The highest BCUT2D eigenvalue weighted by Gasteiger charge is 2.17. The van der Waals surface area contributed by atoms with Crippen molar-refractivity contribution in [2.45, 2.75) is 6.92 Å². The standard InChI is InChI=1S/C20H14Cl2N4O/c1-12-9-13-17(26-8-7-23-11-26)5-6-24-19(13)16(10-12)25-20(27)18-14(21)3-2-4-15(18)22/h2-11H,1H3,(H,25,27). The van der Waals surface area contributed by atoms with Crippen LogP contribution in [0.15, 0.2) is 61.3 Å². The molecule has 0 aliphatic rings. The normalized spacial score (nSPS) is 10.9. The molecule has 0 bridgehead atoms. The smallest absolute Gasteiger partial charge is 0.258 e. The summed E-state index contributed by atoms with van der Waals surface area (Å²) in [5.74, 6) is -0.382. The Hall–Kier alpha value is -2.89. The van der Waals surface area contributed by atoms with Gasteiger partial charge in [-0.05, 0) is 42.8 Å². The number of hydrogen-bond donors (Lipinski definition) is 1. The number of aryl methyl sites for hydroxylation is 1. The van der Waals surface area contributed by atoms with Crippen LogP contribution in [0.1, 0.15) is 15.9 Å². The molecule has 2 aromatic carbocycles. The Bertz CT molecular complexity index is 1140. The zero-order valence-corrected chi connectivity index (χ0v) is 15.8. The Kier molecular flexibility index (Phi) is 4.56. The lowest BCUT2D eigenvalue weighted by Crippen LogP contribution is -2.14. The average Bonchev–Trinajstić information content (AvgIpc) is 3.15. The third-order valence-electron chi connectivity index (χ3n) is 4.19. The monoisotopic (exact) mass is 396 g/mol. The molecule has 0 aliphatic heterocycles. The largest absolute Gasteiger partial charge is 0.320 e. The van der Waals surface area contributed by atoms with Gasteiger partial charge in [-0.25, -0.2) is 4.98 Å². The van der Waals surface area contributed by atoms with Gasteiger partial charge in [0.2, 0.25) is 0 Å². The van der Waals surface area contributed by atoms with E-state index in [0.717, 1.165) is 16.6 Å². The zero-order valence-electron chi connectivity index (χ0n) is 14.3. The quantitative estimate of drug-likeness (QED) is 0.511. The minimum absolute atomic E-state index is 0.237. The molecule has 0 aliphatic carbocycles. The summed E-state index contributed by atoms with van der Waals surface area (Å²) in [6.45, 7) is 1.96. The number of amides is 1. The van der Waals surface area contributed by atoms with Crippen LogP contribution >= 0.6 is 23.2 Å². The third kappa shape index (κ3) is 3.27. The van der Waals surface area contributed by atoms with Crippen LogP contribution in [0, 0.1) is 6.92 Å². The van der Waals surface area contributed by atoms with Crippen LogP contribution in [0.3, 0.4) is 0 Å². The van der Waals surface area contributed by atoms with E-state index in [4.69, 9.17) is 23.2 Å². The number of fused-ring (bicyclic) bond motifs is 1. The summed E-state index contributed by atoms with van der Waals surface area (Å²) in [5.41, 5.74) is 3.41. The number of carbonyl (C=O) groups excluding carboxylic acids is 1. The number of halogens is 2. The summed E-state index contributed by atoms with van der Waals surface area (Å²) in [6, 6.07) is 10.8. The minimum Gasteiger partial charge on any atom is -0.320 e. The molecule has 5 nitrogen and oxygen atoms in total. The maximum atomic E-state index is 12.8. The molecule has 2 heterocycles. The summed E-state index contributed by atoms with van der Waals surface area (Å²) < 4.78 is 1.90. The third-order valence-corrected chi connectivity index (χ3v) is 4.82. The van der Waals surface area contributed by atoms with E-state index in [1.54, 1.807) is 36.9 Å². The van der Waals surface area contributed by atoms with Gasteiger partial charge in [-0.3, -0.25) is 9.78 Å². The van der Waals surface area contributed by atoms with E-state index in [0.29, 0.717) is 21.2 Å². The van der Waals surface area contributed by atoms with Crippen molar-refractivity contribution >= 4 is 45.7 Å². The van der Waals surface area contributed by atoms with Gasteiger partial charge in [0, 0.05) is 24.0 Å². The summed E-state index contributed by atoms with van der Waals surface area (Å²) in [4.78, 5) is 21.4. The molecule has 1 N–H and O–H groups in total. The highest BCUT2D eigenvalue weighted by molar-refractivity contribution is 6.40. The Morgan fingerprint density at radius 1 is 1.11 bits per heavy atom. The molecule has 0 spiro atoms. The van der Waals surface area contributed by atoms with Crippen molar-refractivity contribution in [2.24, 2.45) is 0 Å². The number of anilines is 1. The number of benzene rings is 2. The molecule has 0 saturated heterocycles. The molecular formula is C20H14Cl2N4O. The first-order valence-electron chi connectivity index (χ1n) is 8.17. The molecule has 27 heavy (non-hydrogen) atoms. The van der Waals surface area contributed by atoms with E-state index < -0.39 is 0 Å². The van der Waals surface area contributed by atoms with Crippen LogP contribution in [0.25, 0.3) is 16.6 Å². The maximum absolute atomic E-state index is 12.8. The van der Waals surface area contributed by atoms with Gasteiger partial charge in [0.05, 0.1) is 38.8 Å². The highest BCUT2D eigenvalue weighted by atomic mass is 35.5. The number of hydrogen-bond acceptors (Lipinski definition) is 3. The summed E-state index contributed by atoms with van der Waals surface area (Å²) in [7, 11) is 0. The molecule has 0 atom stereocenters. The fourth-order valence-electron chi connectivity index (χ4n) is 3.01. The van der Waals surface area contributed by atoms with Gasteiger partial charge in [-0.1, -0.05) is 29.3 Å². The number of carbonyl (C=O) groups is 1. The zero-order chi connectivity index (χ0) is 19.0. The molecule has 7 heteroatoms. The number of nitrogens with zero attached hydrogens (tertiary/aromatic N) is 3. The molecule has 4 aromatic rings. The van der Waals surface area contributed by atoms with Gasteiger partial charge in [0.1, 0.15) is 0 Å². The van der Waals surface area contributed by atoms with E-state index in [-0.39, 0.29) is 11.5 Å². The SMILES string of the molecule is Cc1cc(NC(=O)c2c(Cl)cccc2Cl)c2nccc(-n3ccnc3)c2c1. The Balaban J connectivity index is 1.83. The van der Waals surface area contributed by atoms with Crippen molar-refractivity contribution < 1.29 is 4.79 Å². The Morgan fingerprint density at radius 2 is 1.89 bits per heavy atom. The number of imidazole rings is 1. The van der Waals surface area contributed by atoms with Crippen molar-refractivity contribution in [3.63, 3.8) is 0 Å². The van der Waals surface area contributed by atoms with Gasteiger partial charge in [0.15, 0.2) is 0 Å². The van der Waals surface area contributed by atoms with E-state index in [1.165, 1.54) is 0 Å². The predicted molar refractivity (Wildman–Crippen MR) is 108 cm³/mol. The topological polar surface area (TPSA) is 59.8 Å². The van der Waals surface area contributed by atoms with Crippen LogP contribution in [-0.2, 0) is 0 Å². The molecular weight excluding hydrogens is 383 g/mol. The van der Waals surface area contributed by atoms with Crippen LogP contribution in [0.2, 0.25) is 10.0 Å². The van der Waals surface area contributed by atoms with Crippen molar-refractivity contribution in [1.29, 1.82) is 0 Å². The fraction of sp³-hybridized carbons (Fsp3) is 0.0500. The van der Waals surface area contributed by atoms with Gasteiger partial charge in [-0.2, -0.15) is 0 Å². The van der Waals surface area contributed by atoms with Crippen molar-refractivity contribution in [3.05, 3.63) is 82.5 Å². The van der Waals surface area contributed by atoms with Crippen LogP contribution in [-0.4, -0.2) is 20.4 Å². The van der Waals surface area contributed by atoms with E-state index in [1.807, 2.05) is 35.9 Å². The lowest BCUT2D eigenvalue weighted by molar-refractivity contribution is 0.102. The fourth-order valence-corrected chi connectivity index (χ4v) is 3.58. The summed E-state index contributed by atoms with van der Waals surface area (Å²) in [5, 5.41) is 4.39. The molecule has 1 amide bonds. The second-order valence-electron chi connectivity index (χ2n) is 6.06. The number of aromatic nitrogens is 3. The van der Waals surface area contributed by atoms with Gasteiger partial charge in [-0.15, -0.1) is 0 Å². The molecule has 0 radical (unpaired) electrons. The second kappa shape index (κ2) is 7.02. The summed E-state index contributed by atoms with van der Waals surface area (Å²) >= 11 is 12.3.